The molecular formula is C14H22BNO3S. The normalized spacial score (nSPS) is 42.6. The summed E-state index contributed by atoms with van der Waals surface area (Å²) >= 11 is 0.517. The van der Waals surface area contributed by atoms with Gasteiger partial charge in [0.2, 0.25) is 0 Å². The highest BCUT2D eigenvalue weighted by molar-refractivity contribution is 7.15. The van der Waals surface area contributed by atoms with Crippen molar-refractivity contribution in [2.45, 2.75) is 38.9 Å². The molecular weight excluding hydrogens is 273 g/mol. The molecule has 1 aromatic rings. The predicted octanol–water partition coefficient (Wildman–Crippen LogP) is 1.88. The maximum atomic E-state index is 8.51. The lowest BCUT2D eigenvalue weighted by atomic mass is 9.81. The lowest BCUT2D eigenvalue weighted by Crippen LogP contribution is -2.41. The van der Waals surface area contributed by atoms with Crippen LogP contribution in [0.3, 0.4) is 0 Å². The third-order valence-corrected chi connectivity index (χ3v) is 4.41. The molecule has 2 aliphatic heterocycles. The summed E-state index contributed by atoms with van der Waals surface area (Å²) in [5, 5.41) is -0.719. The molecule has 0 atom stereocenters. The highest BCUT2D eigenvalue weighted by Crippen LogP contribution is 2.37. The van der Waals surface area contributed by atoms with Crippen LogP contribution in [0.15, 0.2) is 11.4 Å². The van der Waals surface area contributed by atoms with Crippen LogP contribution in [0.5, 0.6) is 0 Å². The van der Waals surface area contributed by atoms with Crippen molar-refractivity contribution in [3.8, 4) is 0 Å². The summed E-state index contributed by atoms with van der Waals surface area (Å²) in [5.41, 5.74) is -1.63. The smallest absolute Gasteiger partial charge is 0.399 e. The molecule has 0 aromatic carbocycles. The van der Waals surface area contributed by atoms with E-state index in [0.717, 1.165) is 0 Å². The Balaban J connectivity index is 2.16. The van der Waals surface area contributed by atoms with E-state index in [2.05, 4.69) is 4.74 Å². The van der Waals surface area contributed by atoms with Crippen molar-refractivity contribution >= 4 is 28.9 Å². The Morgan fingerprint density at radius 1 is 1.25 bits per heavy atom. The van der Waals surface area contributed by atoms with Crippen molar-refractivity contribution in [3.05, 3.63) is 11.4 Å². The first-order valence-corrected chi connectivity index (χ1v) is 6.97. The van der Waals surface area contributed by atoms with E-state index in [-0.39, 0.29) is 15.7 Å². The summed E-state index contributed by atoms with van der Waals surface area (Å²) in [5.74, 6) is 0. The van der Waals surface area contributed by atoms with Gasteiger partial charge >= 0.3 is 7.12 Å². The number of hydrogen-bond donors (Lipinski definition) is 0. The lowest BCUT2D eigenvalue weighted by molar-refractivity contribution is 0.00578. The molecule has 20 heavy (non-hydrogen) atoms. The zero-order valence-electron chi connectivity index (χ0n) is 21.7. The van der Waals surface area contributed by atoms with E-state index in [1.165, 1.54) is 0 Å². The van der Waals surface area contributed by atoms with Crippen molar-refractivity contribution in [3.63, 3.8) is 0 Å². The van der Waals surface area contributed by atoms with Crippen molar-refractivity contribution in [2.75, 3.05) is 31.0 Å². The van der Waals surface area contributed by atoms with Crippen LogP contribution in [0, 0.1) is 0 Å². The number of nitrogens with zero attached hydrogens (tertiary/aromatic N) is 1. The first-order chi connectivity index (χ1) is 13.2. The second-order valence-electron chi connectivity index (χ2n) is 5.50. The van der Waals surface area contributed by atoms with Gasteiger partial charge in [0.05, 0.1) is 43.0 Å². The molecule has 3 rings (SSSR count). The van der Waals surface area contributed by atoms with E-state index in [0.29, 0.717) is 11.3 Å². The Kier molecular flexibility index (Phi) is 1.68. The van der Waals surface area contributed by atoms with Gasteiger partial charge in [-0.2, -0.15) is 0 Å². The predicted molar refractivity (Wildman–Crippen MR) is 83.1 cm³/mol. The third-order valence-electron chi connectivity index (χ3n) is 3.61. The van der Waals surface area contributed by atoms with Crippen LogP contribution in [0.2, 0.25) is 0 Å². The summed E-state index contributed by atoms with van der Waals surface area (Å²) < 4.78 is 96.9. The fourth-order valence-electron chi connectivity index (χ4n) is 1.73. The number of ether oxygens (including phenoxy) is 1. The lowest BCUT2D eigenvalue weighted by Gasteiger charge is -2.32. The van der Waals surface area contributed by atoms with E-state index in [4.69, 9.17) is 23.0 Å². The summed E-state index contributed by atoms with van der Waals surface area (Å²) in [6.45, 7) is -5.78. The van der Waals surface area contributed by atoms with Crippen molar-refractivity contribution in [1.29, 1.82) is 0 Å². The number of hydrogen-bond acceptors (Lipinski definition) is 5. The van der Waals surface area contributed by atoms with Gasteiger partial charge in [-0.25, -0.2) is 0 Å². The molecule has 2 saturated heterocycles. The molecule has 0 unspecified atom stereocenters. The van der Waals surface area contributed by atoms with E-state index in [1.54, 1.807) is 27.7 Å². The fourth-order valence-corrected chi connectivity index (χ4v) is 2.43. The summed E-state index contributed by atoms with van der Waals surface area (Å²) in [6, 6.07) is -0.496. The van der Waals surface area contributed by atoms with E-state index >= 15 is 0 Å². The Labute approximate surface area is 139 Å². The third kappa shape index (κ3) is 2.50. The standard InChI is InChI=1S/C14H22BNO3S/c1-13(2)14(3,4)19-15(18-13)11-9-12(20-10-11)16-5-7-17-8-6-16/h9-10H,5-8H2,1-4H3/i5D2,6D2,7D2,8D2,9D,10D. The number of rotatable bonds is 2. The number of thiophene rings is 1. The van der Waals surface area contributed by atoms with Crippen molar-refractivity contribution in [1.82, 2.24) is 0 Å². The summed E-state index contributed by atoms with van der Waals surface area (Å²) in [7, 11) is -1.15. The topological polar surface area (TPSA) is 30.9 Å². The Hall–Kier alpha value is -0.555. The van der Waals surface area contributed by atoms with Gasteiger partial charge in [0.15, 0.2) is 0 Å². The van der Waals surface area contributed by atoms with Crippen LogP contribution in [0.4, 0.5) is 5.00 Å². The number of anilines is 1. The molecule has 0 N–H and O–H groups in total. The Morgan fingerprint density at radius 2 is 1.85 bits per heavy atom. The minimum Gasteiger partial charge on any atom is -0.399 e. The van der Waals surface area contributed by atoms with Crippen LogP contribution in [0.25, 0.3) is 0 Å². The molecule has 1 aromatic heterocycles. The van der Waals surface area contributed by atoms with Gasteiger partial charge in [-0.15, -0.1) is 11.3 Å². The maximum Gasteiger partial charge on any atom is 0.495 e. The van der Waals surface area contributed by atoms with Crippen LogP contribution < -0.4 is 10.4 Å². The van der Waals surface area contributed by atoms with Crippen molar-refractivity contribution in [2.24, 2.45) is 0 Å². The molecule has 110 valence electrons. The van der Waals surface area contributed by atoms with Crippen molar-refractivity contribution < 1.29 is 27.8 Å². The molecule has 2 aliphatic rings. The first kappa shape index (κ1) is 6.69. The van der Waals surface area contributed by atoms with Crippen LogP contribution >= 0.6 is 11.3 Å². The van der Waals surface area contributed by atoms with Crippen LogP contribution in [0.1, 0.15) is 41.4 Å². The molecule has 0 spiro atoms. The van der Waals surface area contributed by atoms with Gasteiger partial charge in [-0.3, -0.25) is 0 Å². The quantitative estimate of drug-likeness (QED) is 0.781. The molecule has 2 fully saturated rings. The summed E-state index contributed by atoms with van der Waals surface area (Å²) in [4.78, 5) is 0.212. The second-order valence-corrected chi connectivity index (χ2v) is 6.30. The van der Waals surface area contributed by atoms with E-state index in [1.807, 2.05) is 0 Å². The number of morpholine rings is 1. The largest absolute Gasteiger partial charge is 0.495 e. The fraction of sp³-hybridized carbons (Fsp3) is 0.714. The summed E-state index contributed by atoms with van der Waals surface area (Å²) in [6.07, 6.45) is 0. The molecule has 3 heterocycles. The zero-order valence-corrected chi connectivity index (χ0v) is 12.5. The van der Waals surface area contributed by atoms with Crippen LogP contribution in [-0.4, -0.2) is 44.4 Å². The molecule has 6 heteroatoms. The highest BCUT2D eigenvalue weighted by Gasteiger charge is 2.51. The van der Waals surface area contributed by atoms with E-state index in [9.17, 15) is 0 Å². The molecule has 0 amide bonds. The molecule has 0 bridgehead atoms. The van der Waals surface area contributed by atoms with Gasteiger partial charge in [0.1, 0.15) is 0 Å². The van der Waals surface area contributed by atoms with Gasteiger partial charge in [0.25, 0.3) is 0 Å². The van der Waals surface area contributed by atoms with Crippen LogP contribution in [-0.2, 0) is 14.0 Å². The second kappa shape index (κ2) is 5.02. The first-order valence-electron chi connectivity index (χ1n) is 11.2. The average molecular weight is 305 g/mol. The highest BCUT2D eigenvalue weighted by atomic mass is 32.1. The average Bonchev–Trinajstić information content (AvgIpc) is 2.88. The Morgan fingerprint density at radius 3 is 2.45 bits per heavy atom. The molecule has 0 aliphatic carbocycles. The van der Waals surface area contributed by atoms with E-state index < -0.39 is 55.5 Å². The SMILES string of the molecule is [2H]c1sc(N2C([2H])([2H])C([2H])([2H])OC([2H])([2H])C2([2H])[2H])c([2H])c1B1OC(C)(C)C(C)(C)O1. The molecule has 0 saturated carbocycles. The van der Waals surface area contributed by atoms with Gasteiger partial charge in [-0.1, -0.05) is 0 Å². The Bertz CT molecular complexity index is 832. The van der Waals surface area contributed by atoms with Gasteiger partial charge in [0, 0.05) is 13.0 Å². The minimum atomic E-state index is -3.24. The minimum absolute atomic E-state index is 0.0622. The van der Waals surface area contributed by atoms with Gasteiger partial charge < -0.3 is 18.9 Å². The monoisotopic (exact) mass is 305 g/mol. The zero-order chi connectivity index (χ0) is 23.3. The maximum absolute atomic E-state index is 8.51. The van der Waals surface area contributed by atoms with Gasteiger partial charge in [-0.05, 0) is 44.6 Å². The molecule has 0 radical (unpaired) electrons. The molecule has 4 nitrogen and oxygen atoms in total.